The highest BCUT2D eigenvalue weighted by Gasteiger charge is 2.09. The van der Waals surface area contributed by atoms with Crippen LogP contribution in [0.3, 0.4) is 0 Å². The predicted octanol–water partition coefficient (Wildman–Crippen LogP) is 3.29. The number of ether oxygens (including phenoxy) is 1. The first kappa shape index (κ1) is 15.1. The van der Waals surface area contributed by atoms with Gasteiger partial charge >= 0.3 is 5.97 Å². The SMILES string of the molecule is Cc1ccc([C@H](C)N)c(OCc2ccc(C(=O)O)cc2)c1. The summed E-state index contributed by atoms with van der Waals surface area (Å²) in [7, 11) is 0. The lowest BCUT2D eigenvalue weighted by Crippen LogP contribution is -2.08. The van der Waals surface area contributed by atoms with Crippen LogP contribution >= 0.6 is 0 Å². The minimum Gasteiger partial charge on any atom is -0.489 e. The van der Waals surface area contributed by atoms with E-state index in [-0.39, 0.29) is 11.6 Å². The Morgan fingerprint density at radius 1 is 1.24 bits per heavy atom. The fourth-order valence-corrected chi connectivity index (χ4v) is 2.05. The first-order valence-corrected chi connectivity index (χ1v) is 6.78. The monoisotopic (exact) mass is 285 g/mol. The first-order chi connectivity index (χ1) is 9.97. The summed E-state index contributed by atoms with van der Waals surface area (Å²) in [5.74, 6) is -0.160. The number of hydrogen-bond acceptors (Lipinski definition) is 3. The molecule has 0 aliphatic heterocycles. The van der Waals surface area contributed by atoms with Gasteiger partial charge in [-0.2, -0.15) is 0 Å². The molecule has 110 valence electrons. The van der Waals surface area contributed by atoms with Gasteiger partial charge in [-0.1, -0.05) is 24.3 Å². The highest BCUT2D eigenvalue weighted by molar-refractivity contribution is 5.87. The van der Waals surface area contributed by atoms with E-state index in [1.165, 1.54) is 0 Å². The van der Waals surface area contributed by atoms with Gasteiger partial charge in [-0.15, -0.1) is 0 Å². The molecular formula is C17H19NO3. The standard InChI is InChI=1S/C17H19NO3/c1-11-3-8-15(12(2)18)16(9-11)21-10-13-4-6-14(7-5-13)17(19)20/h3-9,12H,10,18H2,1-2H3,(H,19,20)/t12-/m0/s1. The van der Waals surface area contributed by atoms with Gasteiger partial charge in [-0.3, -0.25) is 0 Å². The molecule has 0 aliphatic rings. The lowest BCUT2D eigenvalue weighted by molar-refractivity contribution is 0.0697. The highest BCUT2D eigenvalue weighted by Crippen LogP contribution is 2.26. The van der Waals surface area contributed by atoms with Crippen LogP contribution in [0.2, 0.25) is 0 Å². The molecule has 21 heavy (non-hydrogen) atoms. The molecule has 0 spiro atoms. The van der Waals surface area contributed by atoms with Gasteiger partial charge in [0.2, 0.25) is 0 Å². The van der Waals surface area contributed by atoms with Crippen molar-refractivity contribution in [2.24, 2.45) is 5.73 Å². The Labute approximate surface area is 124 Å². The van der Waals surface area contributed by atoms with E-state index in [1.54, 1.807) is 24.3 Å². The molecule has 0 saturated carbocycles. The summed E-state index contributed by atoms with van der Waals surface area (Å²) in [6, 6.07) is 12.5. The van der Waals surface area contributed by atoms with Crippen molar-refractivity contribution in [3.05, 3.63) is 64.7 Å². The first-order valence-electron chi connectivity index (χ1n) is 6.78. The number of carboxylic acid groups (broad SMARTS) is 1. The molecular weight excluding hydrogens is 266 g/mol. The zero-order valence-electron chi connectivity index (χ0n) is 12.2. The Morgan fingerprint density at radius 3 is 2.48 bits per heavy atom. The van der Waals surface area contributed by atoms with E-state index >= 15 is 0 Å². The maximum atomic E-state index is 10.8. The Balaban J connectivity index is 2.12. The average molecular weight is 285 g/mol. The Bertz CT molecular complexity index is 633. The number of benzene rings is 2. The second-order valence-corrected chi connectivity index (χ2v) is 5.12. The predicted molar refractivity (Wildman–Crippen MR) is 81.5 cm³/mol. The van der Waals surface area contributed by atoms with Gasteiger partial charge in [0.05, 0.1) is 5.56 Å². The molecule has 0 amide bonds. The largest absolute Gasteiger partial charge is 0.489 e. The van der Waals surface area contributed by atoms with E-state index in [1.807, 2.05) is 32.0 Å². The molecule has 4 heteroatoms. The summed E-state index contributed by atoms with van der Waals surface area (Å²) in [4.78, 5) is 10.8. The summed E-state index contributed by atoms with van der Waals surface area (Å²) in [5, 5.41) is 8.87. The Hall–Kier alpha value is -2.33. The topological polar surface area (TPSA) is 72.5 Å². The highest BCUT2D eigenvalue weighted by atomic mass is 16.5. The summed E-state index contributed by atoms with van der Waals surface area (Å²) in [6.07, 6.45) is 0. The summed E-state index contributed by atoms with van der Waals surface area (Å²) >= 11 is 0. The molecule has 1 atom stereocenters. The molecule has 0 fully saturated rings. The minimum atomic E-state index is -0.930. The minimum absolute atomic E-state index is 0.102. The van der Waals surface area contributed by atoms with Crippen molar-refractivity contribution >= 4 is 5.97 Å². The molecule has 0 aromatic heterocycles. The van der Waals surface area contributed by atoms with Gasteiger partial charge in [0, 0.05) is 11.6 Å². The van der Waals surface area contributed by atoms with Crippen molar-refractivity contribution in [2.75, 3.05) is 0 Å². The van der Waals surface area contributed by atoms with Crippen molar-refractivity contribution in [3.63, 3.8) is 0 Å². The van der Waals surface area contributed by atoms with E-state index < -0.39 is 5.97 Å². The molecule has 2 rings (SSSR count). The number of hydrogen-bond donors (Lipinski definition) is 2. The molecule has 0 unspecified atom stereocenters. The Kier molecular flexibility index (Phi) is 4.60. The lowest BCUT2D eigenvalue weighted by Gasteiger charge is -2.15. The molecule has 3 N–H and O–H groups in total. The molecule has 0 saturated heterocycles. The number of rotatable bonds is 5. The van der Waals surface area contributed by atoms with Crippen molar-refractivity contribution in [1.29, 1.82) is 0 Å². The van der Waals surface area contributed by atoms with Gasteiger partial charge in [0.15, 0.2) is 0 Å². The lowest BCUT2D eigenvalue weighted by atomic mass is 10.1. The third-order valence-corrected chi connectivity index (χ3v) is 3.25. The smallest absolute Gasteiger partial charge is 0.335 e. The summed E-state index contributed by atoms with van der Waals surface area (Å²) in [5.41, 5.74) is 9.19. The van der Waals surface area contributed by atoms with Crippen LogP contribution < -0.4 is 10.5 Å². The van der Waals surface area contributed by atoms with E-state index in [4.69, 9.17) is 15.6 Å². The van der Waals surface area contributed by atoms with Crippen LogP contribution in [-0.2, 0) is 6.61 Å². The number of aromatic carboxylic acids is 1. The maximum Gasteiger partial charge on any atom is 0.335 e. The molecule has 0 aliphatic carbocycles. The second-order valence-electron chi connectivity index (χ2n) is 5.12. The van der Waals surface area contributed by atoms with Crippen molar-refractivity contribution in [3.8, 4) is 5.75 Å². The van der Waals surface area contributed by atoms with Gasteiger partial charge in [-0.05, 0) is 43.2 Å². The summed E-state index contributed by atoms with van der Waals surface area (Å²) in [6.45, 7) is 4.29. The molecule has 2 aromatic rings. The van der Waals surface area contributed by atoms with Crippen molar-refractivity contribution in [2.45, 2.75) is 26.5 Å². The van der Waals surface area contributed by atoms with E-state index in [9.17, 15) is 4.79 Å². The Morgan fingerprint density at radius 2 is 1.90 bits per heavy atom. The number of carbonyl (C=O) groups is 1. The van der Waals surface area contributed by atoms with Crippen molar-refractivity contribution in [1.82, 2.24) is 0 Å². The number of aryl methyl sites for hydroxylation is 1. The number of nitrogens with two attached hydrogens (primary N) is 1. The van der Waals surface area contributed by atoms with Crippen molar-refractivity contribution < 1.29 is 14.6 Å². The van der Waals surface area contributed by atoms with E-state index in [2.05, 4.69) is 0 Å². The van der Waals surface area contributed by atoms with Crippen LogP contribution in [0.25, 0.3) is 0 Å². The third-order valence-electron chi connectivity index (χ3n) is 3.25. The van der Waals surface area contributed by atoms with Gasteiger partial charge in [-0.25, -0.2) is 4.79 Å². The van der Waals surface area contributed by atoms with Crippen LogP contribution in [0.15, 0.2) is 42.5 Å². The fraction of sp³-hybridized carbons (Fsp3) is 0.235. The van der Waals surface area contributed by atoms with Crippen LogP contribution in [0, 0.1) is 6.92 Å². The van der Waals surface area contributed by atoms with E-state index in [0.717, 1.165) is 22.4 Å². The molecule has 0 heterocycles. The van der Waals surface area contributed by atoms with Crippen LogP contribution in [-0.4, -0.2) is 11.1 Å². The molecule has 0 bridgehead atoms. The summed E-state index contributed by atoms with van der Waals surface area (Å²) < 4.78 is 5.84. The molecule has 2 aromatic carbocycles. The van der Waals surface area contributed by atoms with E-state index in [0.29, 0.717) is 6.61 Å². The van der Waals surface area contributed by atoms with Gasteiger partial charge < -0.3 is 15.6 Å². The zero-order chi connectivity index (χ0) is 15.4. The normalized spacial score (nSPS) is 12.0. The van der Waals surface area contributed by atoms with Gasteiger partial charge in [0.1, 0.15) is 12.4 Å². The maximum absolute atomic E-state index is 10.8. The van der Waals surface area contributed by atoms with Crippen LogP contribution in [0.5, 0.6) is 5.75 Å². The van der Waals surface area contributed by atoms with Crippen LogP contribution in [0.4, 0.5) is 0 Å². The molecule has 4 nitrogen and oxygen atoms in total. The third kappa shape index (κ3) is 3.83. The average Bonchev–Trinajstić information content (AvgIpc) is 2.45. The fourth-order valence-electron chi connectivity index (χ4n) is 2.05. The number of carboxylic acids is 1. The second kappa shape index (κ2) is 6.41. The zero-order valence-corrected chi connectivity index (χ0v) is 12.2. The molecule has 0 radical (unpaired) electrons. The van der Waals surface area contributed by atoms with Gasteiger partial charge in [0.25, 0.3) is 0 Å². The van der Waals surface area contributed by atoms with Crippen LogP contribution in [0.1, 0.15) is 40.0 Å². The quantitative estimate of drug-likeness (QED) is 0.884.